The van der Waals surface area contributed by atoms with Crippen molar-refractivity contribution < 1.29 is 14.6 Å². The topological polar surface area (TPSA) is 50.7 Å². The summed E-state index contributed by atoms with van der Waals surface area (Å²) in [6.45, 7) is 1.63. The van der Waals surface area contributed by atoms with Gasteiger partial charge in [-0.05, 0) is 32.2 Å². The summed E-state index contributed by atoms with van der Waals surface area (Å²) >= 11 is 0. The van der Waals surface area contributed by atoms with Crippen molar-refractivity contribution >= 4 is 0 Å². The lowest BCUT2D eigenvalue weighted by Crippen LogP contribution is -2.38. The first-order valence-corrected chi connectivity index (χ1v) is 6.19. The van der Waals surface area contributed by atoms with Gasteiger partial charge in [0.1, 0.15) is 0 Å². The van der Waals surface area contributed by atoms with Gasteiger partial charge in [-0.25, -0.2) is 0 Å². The van der Waals surface area contributed by atoms with Crippen molar-refractivity contribution in [1.29, 1.82) is 0 Å². The predicted molar refractivity (Wildman–Crippen MR) is 63.3 cm³/mol. The zero-order valence-electron chi connectivity index (χ0n) is 10.5. The molecule has 0 spiro atoms. The van der Waals surface area contributed by atoms with E-state index >= 15 is 0 Å². The Labute approximate surface area is 98.3 Å². The molecule has 96 valence electrons. The average Bonchev–Trinajstić information content (AvgIpc) is 2.71. The number of nitrogens with one attached hydrogen (secondary N) is 1. The molecule has 0 unspecified atom stereocenters. The molecule has 0 aromatic heterocycles. The van der Waals surface area contributed by atoms with Gasteiger partial charge in [0.2, 0.25) is 0 Å². The maximum atomic E-state index is 10.1. The molecule has 0 amide bonds. The highest BCUT2D eigenvalue weighted by Gasteiger charge is 2.30. The van der Waals surface area contributed by atoms with Gasteiger partial charge in [-0.1, -0.05) is 12.8 Å². The summed E-state index contributed by atoms with van der Waals surface area (Å²) in [4.78, 5) is 0. The van der Waals surface area contributed by atoms with Crippen molar-refractivity contribution in [2.24, 2.45) is 0 Å². The van der Waals surface area contributed by atoms with E-state index in [1.165, 1.54) is 0 Å². The summed E-state index contributed by atoms with van der Waals surface area (Å²) in [6, 6.07) is 0. The molecule has 0 aliphatic heterocycles. The van der Waals surface area contributed by atoms with Gasteiger partial charge in [0.15, 0.2) is 6.29 Å². The highest BCUT2D eigenvalue weighted by Crippen LogP contribution is 2.28. The molecule has 0 aromatic rings. The molecule has 1 fully saturated rings. The first kappa shape index (κ1) is 13.9. The molecule has 0 bridgehead atoms. The van der Waals surface area contributed by atoms with Crippen LogP contribution in [-0.2, 0) is 9.47 Å². The molecule has 2 N–H and O–H groups in total. The van der Waals surface area contributed by atoms with Gasteiger partial charge in [-0.2, -0.15) is 0 Å². The van der Waals surface area contributed by atoms with Gasteiger partial charge in [-0.3, -0.25) is 0 Å². The van der Waals surface area contributed by atoms with Gasteiger partial charge in [0.05, 0.1) is 5.60 Å². The van der Waals surface area contributed by atoms with Gasteiger partial charge in [0, 0.05) is 20.8 Å². The lowest BCUT2D eigenvalue weighted by Gasteiger charge is -2.22. The van der Waals surface area contributed by atoms with Crippen LogP contribution in [0.2, 0.25) is 0 Å². The van der Waals surface area contributed by atoms with E-state index in [0.717, 1.165) is 51.6 Å². The molecule has 1 saturated carbocycles. The molecule has 1 aliphatic rings. The molecular formula is C12H25NO3. The highest BCUT2D eigenvalue weighted by molar-refractivity contribution is 4.86. The van der Waals surface area contributed by atoms with Gasteiger partial charge in [0.25, 0.3) is 0 Å². The molecule has 0 atom stereocenters. The van der Waals surface area contributed by atoms with E-state index in [1.807, 2.05) is 0 Å². The Morgan fingerprint density at radius 1 is 1.25 bits per heavy atom. The summed E-state index contributed by atoms with van der Waals surface area (Å²) in [5.41, 5.74) is -0.443. The zero-order valence-corrected chi connectivity index (χ0v) is 10.5. The standard InChI is InChI=1S/C12H25NO3/c1-15-11(16-2)6-5-9-13-10-12(14)7-3-4-8-12/h11,13-14H,3-10H2,1-2H3. The quantitative estimate of drug-likeness (QED) is 0.488. The van der Waals surface area contributed by atoms with E-state index in [1.54, 1.807) is 14.2 Å². The van der Waals surface area contributed by atoms with Crippen molar-refractivity contribution in [1.82, 2.24) is 5.32 Å². The number of methoxy groups -OCH3 is 2. The fourth-order valence-corrected chi connectivity index (χ4v) is 2.26. The van der Waals surface area contributed by atoms with E-state index in [2.05, 4.69) is 5.32 Å². The number of aliphatic hydroxyl groups is 1. The van der Waals surface area contributed by atoms with E-state index in [4.69, 9.17) is 9.47 Å². The highest BCUT2D eigenvalue weighted by atomic mass is 16.7. The molecule has 16 heavy (non-hydrogen) atoms. The fourth-order valence-electron chi connectivity index (χ4n) is 2.26. The largest absolute Gasteiger partial charge is 0.389 e. The van der Waals surface area contributed by atoms with Gasteiger partial charge < -0.3 is 19.9 Å². The number of ether oxygens (including phenoxy) is 2. The van der Waals surface area contributed by atoms with Crippen LogP contribution in [0.3, 0.4) is 0 Å². The molecule has 0 heterocycles. The van der Waals surface area contributed by atoms with Crippen LogP contribution in [0, 0.1) is 0 Å². The van der Waals surface area contributed by atoms with Crippen molar-refractivity contribution in [3.8, 4) is 0 Å². The monoisotopic (exact) mass is 231 g/mol. The molecule has 0 radical (unpaired) electrons. The van der Waals surface area contributed by atoms with Crippen LogP contribution < -0.4 is 5.32 Å². The zero-order chi connectivity index (χ0) is 11.9. The SMILES string of the molecule is COC(CCCNCC1(O)CCCC1)OC. The number of hydrogen-bond acceptors (Lipinski definition) is 4. The van der Waals surface area contributed by atoms with E-state index in [0.29, 0.717) is 0 Å². The minimum atomic E-state index is -0.443. The molecule has 0 saturated heterocycles. The Balaban J connectivity index is 1.99. The summed E-state index contributed by atoms with van der Waals surface area (Å²) in [5.74, 6) is 0. The van der Waals surface area contributed by atoms with Crippen LogP contribution in [0.4, 0.5) is 0 Å². The molecule has 4 nitrogen and oxygen atoms in total. The van der Waals surface area contributed by atoms with Crippen molar-refractivity contribution in [3.05, 3.63) is 0 Å². The maximum Gasteiger partial charge on any atom is 0.156 e. The third kappa shape index (κ3) is 4.78. The molecular weight excluding hydrogens is 206 g/mol. The van der Waals surface area contributed by atoms with Crippen LogP contribution in [-0.4, -0.2) is 44.3 Å². The first-order chi connectivity index (χ1) is 7.70. The minimum absolute atomic E-state index is 0.101. The molecule has 0 aromatic carbocycles. The van der Waals surface area contributed by atoms with Crippen LogP contribution >= 0.6 is 0 Å². The second-order valence-electron chi connectivity index (χ2n) is 4.65. The van der Waals surface area contributed by atoms with Crippen molar-refractivity contribution in [2.45, 2.75) is 50.4 Å². The summed E-state index contributed by atoms with van der Waals surface area (Å²) in [6.07, 6.45) is 6.00. The third-order valence-electron chi connectivity index (χ3n) is 3.31. The Kier molecular flexibility index (Phi) is 6.28. The first-order valence-electron chi connectivity index (χ1n) is 6.19. The number of hydrogen-bond donors (Lipinski definition) is 2. The Hall–Kier alpha value is -0.160. The normalized spacial score (nSPS) is 19.5. The summed E-state index contributed by atoms with van der Waals surface area (Å²) < 4.78 is 10.2. The van der Waals surface area contributed by atoms with E-state index in [-0.39, 0.29) is 6.29 Å². The fraction of sp³-hybridized carbons (Fsp3) is 1.00. The molecule has 1 aliphatic carbocycles. The Bertz CT molecular complexity index is 177. The van der Waals surface area contributed by atoms with Gasteiger partial charge in [-0.15, -0.1) is 0 Å². The summed E-state index contributed by atoms with van der Waals surface area (Å²) in [5, 5.41) is 13.4. The Morgan fingerprint density at radius 3 is 2.44 bits per heavy atom. The van der Waals surface area contributed by atoms with Crippen LogP contribution in [0.15, 0.2) is 0 Å². The second-order valence-corrected chi connectivity index (χ2v) is 4.65. The lowest BCUT2D eigenvalue weighted by atomic mass is 10.0. The smallest absolute Gasteiger partial charge is 0.156 e. The lowest BCUT2D eigenvalue weighted by molar-refractivity contribution is -0.106. The summed E-state index contributed by atoms with van der Waals surface area (Å²) in [7, 11) is 3.31. The predicted octanol–water partition coefficient (Wildman–Crippen LogP) is 1.28. The number of rotatable bonds is 8. The van der Waals surface area contributed by atoms with Gasteiger partial charge >= 0.3 is 0 Å². The average molecular weight is 231 g/mol. The third-order valence-corrected chi connectivity index (χ3v) is 3.31. The van der Waals surface area contributed by atoms with E-state index < -0.39 is 5.60 Å². The van der Waals surface area contributed by atoms with Crippen molar-refractivity contribution in [2.75, 3.05) is 27.3 Å². The van der Waals surface area contributed by atoms with Crippen molar-refractivity contribution in [3.63, 3.8) is 0 Å². The maximum absolute atomic E-state index is 10.1. The van der Waals surface area contributed by atoms with Crippen LogP contribution in [0.5, 0.6) is 0 Å². The van der Waals surface area contributed by atoms with Crippen LogP contribution in [0.1, 0.15) is 38.5 Å². The minimum Gasteiger partial charge on any atom is -0.389 e. The molecule has 1 rings (SSSR count). The Morgan fingerprint density at radius 2 is 1.88 bits per heavy atom. The molecule has 4 heteroatoms. The van der Waals surface area contributed by atoms with E-state index in [9.17, 15) is 5.11 Å². The van der Waals surface area contributed by atoms with Crippen LogP contribution in [0.25, 0.3) is 0 Å². The second kappa shape index (κ2) is 7.22.